The molecule has 3 nitrogen and oxygen atoms in total. The Morgan fingerprint density at radius 2 is 2.22 bits per heavy atom. The summed E-state index contributed by atoms with van der Waals surface area (Å²) in [5.74, 6) is 0.411. The molecule has 2 aromatic rings. The molecule has 0 radical (unpaired) electrons. The average Bonchev–Trinajstić information content (AvgIpc) is 2.89. The van der Waals surface area contributed by atoms with Crippen LogP contribution in [0.4, 0.5) is 10.1 Å². The van der Waals surface area contributed by atoms with Gasteiger partial charge >= 0.3 is 0 Å². The molecular formula is C14H13FN2O. The van der Waals surface area contributed by atoms with E-state index in [-0.39, 0.29) is 0 Å². The summed E-state index contributed by atoms with van der Waals surface area (Å²) >= 11 is 0. The largest absolute Gasteiger partial charge is 0.467 e. The quantitative estimate of drug-likeness (QED) is 0.828. The summed E-state index contributed by atoms with van der Waals surface area (Å²) in [6.07, 6.45) is 1.61. The zero-order chi connectivity index (χ0) is 13.0. The van der Waals surface area contributed by atoms with Gasteiger partial charge in [-0.1, -0.05) is 0 Å². The van der Waals surface area contributed by atoms with Gasteiger partial charge in [-0.25, -0.2) is 4.39 Å². The normalized spacial score (nSPS) is 10.1. The average molecular weight is 244 g/mol. The highest BCUT2D eigenvalue weighted by Crippen LogP contribution is 2.22. The van der Waals surface area contributed by atoms with Crippen molar-refractivity contribution in [1.82, 2.24) is 0 Å². The SMILES string of the molecule is CCN(Cc1ccco1)c1ccc(F)cc1C#N. The molecule has 0 amide bonds. The van der Waals surface area contributed by atoms with E-state index in [1.54, 1.807) is 12.3 Å². The molecule has 0 fully saturated rings. The van der Waals surface area contributed by atoms with Crippen molar-refractivity contribution in [3.63, 3.8) is 0 Å². The van der Waals surface area contributed by atoms with Crippen molar-refractivity contribution in [2.45, 2.75) is 13.5 Å². The standard InChI is InChI=1S/C14H13FN2O/c1-2-17(10-13-4-3-7-18-13)14-6-5-12(15)8-11(14)9-16/h3-8H,2,10H2,1H3. The molecule has 0 atom stereocenters. The van der Waals surface area contributed by atoms with E-state index in [1.165, 1.54) is 12.1 Å². The summed E-state index contributed by atoms with van der Waals surface area (Å²) in [5, 5.41) is 9.05. The molecule has 0 saturated carbocycles. The van der Waals surface area contributed by atoms with Gasteiger partial charge in [0.2, 0.25) is 0 Å². The molecule has 92 valence electrons. The third-order valence-corrected chi connectivity index (χ3v) is 2.73. The third-order valence-electron chi connectivity index (χ3n) is 2.73. The molecular weight excluding hydrogens is 231 g/mol. The number of anilines is 1. The Morgan fingerprint density at radius 1 is 1.39 bits per heavy atom. The lowest BCUT2D eigenvalue weighted by molar-refractivity contribution is 0.503. The van der Waals surface area contributed by atoms with Crippen LogP contribution in [-0.2, 0) is 6.54 Å². The van der Waals surface area contributed by atoms with Gasteiger partial charge in [-0.2, -0.15) is 5.26 Å². The number of hydrogen-bond donors (Lipinski definition) is 0. The molecule has 0 unspecified atom stereocenters. The molecule has 0 saturated heterocycles. The number of halogens is 1. The van der Waals surface area contributed by atoms with E-state index in [4.69, 9.17) is 9.68 Å². The van der Waals surface area contributed by atoms with Crippen LogP contribution in [0.1, 0.15) is 18.2 Å². The van der Waals surface area contributed by atoms with Crippen LogP contribution in [0.5, 0.6) is 0 Å². The minimum atomic E-state index is -0.399. The Bertz CT molecular complexity index is 558. The van der Waals surface area contributed by atoms with Crippen molar-refractivity contribution in [2.24, 2.45) is 0 Å². The topological polar surface area (TPSA) is 40.2 Å². The Hall–Kier alpha value is -2.28. The van der Waals surface area contributed by atoms with Crippen LogP contribution in [0.15, 0.2) is 41.0 Å². The molecule has 18 heavy (non-hydrogen) atoms. The van der Waals surface area contributed by atoms with Crippen molar-refractivity contribution in [1.29, 1.82) is 5.26 Å². The predicted octanol–water partition coefficient (Wildman–Crippen LogP) is 3.32. The van der Waals surface area contributed by atoms with Gasteiger partial charge in [0.05, 0.1) is 24.1 Å². The second-order valence-corrected chi connectivity index (χ2v) is 3.87. The van der Waals surface area contributed by atoms with Crippen LogP contribution in [-0.4, -0.2) is 6.54 Å². The fraction of sp³-hybridized carbons (Fsp3) is 0.214. The zero-order valence-corrected chi connectivity index (χ0v) is 10.1. The molecule has 0 bridgehead atoms. The number of benzene rings is 1. The van der Waals surface area contributed by atoms with E-state index in [9.17, 15) is 4.39 Å². The van der Waals surface area contributed by atoms with Crippen LogP contribution in [0.3, 0.4) is 0 Å². The van der Waals surface area contributed by atoms with Gasteiger partial charge in [0.1, 0.15) is 17.6 Å². The lowest BCUT2D eigenvalue weighted by Crippen LogP contribution is -2.22. The lowest BCUT2D eigenvalue weighted by Gasteiger charge is -2.22. The second-order valence-electron chi connectivity index (χ2n) is 3.87. The highest BCUT2D eigenvalue weighted by atomic mass is 19.1. The number of nitrogens with zero attached hydrogens (tertiary/aromatic N) is 2. The number of furan rings is 1. The van der Waals surface area contributed by atoms with Crippen LogP contribution >= 0.6 is 0 Å². The highest BCUT2D eigenvalue weighted by molar-refractivity contribution is 5.59. The summed E-state index contributed by atoms with van der Waals surface area (Å²) in [5.41, 5.74) is 1.06. The van der Waals surface area contributed by atoms with Gasteiger partial charge in [-0.15, -0.1) is 0 Å². The van der Waals surface area contributed by atoms with Crippen LogP contribution in [0.25, 0.3) is 0 Å². The maximum absolute atomic E-state index is 13.1. The lowest BCUT2D eigenvalue weighted by atomic mass is 10.1. The van der Waals surface area contributed by atoms with Crippen molar-refractivity contribution >= 4 is 5.69 Å². The highest BCUT2D eigenvalue weighted by Gasteiger charge is 2.12. The summed E-state index contributed by atoms with van der Waals surface area (Å²) in [6.45, 7) is 3.25. The zero-order valence-electron chi connectivity index (χ0n) is 10.1. The van der Waals surface area contributed by atoms with E-state index < -0.39 is 5.82 Å². The molecule has 4 heteroatoms. The van der Waals surface area contributed by atoms with Crippen LogP contribution in [0.2, 0.25) is 0 Å². The van der Waals surface area contributed by atoms with Crippen LogP contribution in [0, 0.1) is 17.1 Å². The van der Waals surface area contributed by atoms with E-state index in [2.05, 4.69) is 0 Å². The minimum Gasteiger partial charge on any atom is -0.467 e. The third kappa shape index (κ3) is 2.51. The fourth-order valence-corrected chi connectivity index (χ4v) is 1.83. The molecule has 0 N–H and O–H groups in total. The van der Waals surface area contributed by atoms with Crippen molar-refractivity contribution in [2.75, 3.05) is 11.4 Å². The number of hydrogen-bond acceptors (Lipinski definition) is 3. The van der Waals surface area contributed by atoms with Crippen molar-refractivity contribution in [3.05, 3.63) is 53.7 Å². The predicted molar refractivity (Wildman–Crippen MR) is 66.5 cm³/mol. The maximum Gasteiger partial charge on any atom is 0.124 e. The van der Waals surface area contributed by atoms with E-state index in [1.807, 2.05) is 30.0 Å². The molecule has 0 spiro atoms. The molecule has 2 rings (SSSR count). The monoisotopic (exact) mass is 244 g/mol. The van der Waals surface area contributed by atoms with Gasteiger partial charge in [0.15, 0.2) is 0 Å². The number of nitriles is 1. The number of rotatable bonds is 4. The van der Waals surface area contributed by atoms with E-state index >= 15 is 0 Å². The second kappa shape index (κ2) is 5.37. The van der Waals surface area contributed by atoms with Crippen molar-refractivity contribution < 1.29 is 8.81 Å². The smallest absolute Gasteiger partial charge is 0.124 e. The van der Waals surface area contributed by atoms with Gasteiger partial charge in [-0.3, -0.25) is 0 Å². The van der Waals surface area contributed by atoms with Gasteiger partial charge < -0.3 is 9.32 Å². The Kier molecular flexibility index (Phi) is 3.63. The van der Waals surface area contributed by atoms with Gasteiger partial charge in [0.25, 0.3) is 0 Å². The van der Waals surface area contributed by atoms with Gasteiger partial charge in [-0.05, 0) is 37.3 Å². The summed E-state index contributed by atoms with van der Waals surface area (Å²) < 4.78 is 18.4. The Morgan fingerprint density at radius 3 is 2.83 bits per heavy atom. The first kappa shape index (κ1) is 12.2. The Labute approximate surface area is 105 Å². The first-order valence-corrected chi connectivity index (χ1v) is 5.71. The van der Waals surface area contributed by atoms with Crippen molar-refractivity contribution in [3.8, 4) is 6.07 Å². The van der Waals surface area contributed by atoms with E-state index in [0.29, 0.717) is 18.7 Å². The Balaban J connectivity index is 2.30. The molecule has 1 heterocycles. The maximum atomic E-state index is 13.1. The molecule has 0 aliphatic rings. The van der Waals surface area contributed by atoms with E-state index in [0.717, 1.165) is 11.4 Å². The molecule has 1 aromatic heterocycles. The van der Waals surface area contributed by atoms with Gasteiger partial charge in [0, 0.05) is 6.54 Å². The molecule has 1 aromatic carbocycles. The summed E-state index contributed by atoms with van der Waals surface area (Å²) in [4.78, 5) is 1.97. The summed E-state index contributed by atoms with van der Waals surface area (Å²) in [6, 6.07) is 9.95. The molecule has 0 aliphatic heterocycles. The minimum absolute atomic E-state index is 0.336. The first-order valence-electron chi connectivity index (χ1n) is 5.71. The van der Waals surface area contributed by atoms with Crippen LogP contribution < -0.4 is 4.90 Å². The molecule has 0 aliphatic carbocycles. The fourth-order valence-electron chi connectivity index (χ4n) is 1.83. The summed E-state index contributed by atoms with van der Waals surface area (Å²) in [7, 11) is 0. The first-order chi connectivity index (χ1) is 8.74.